The largest absolute Gasteiger partial charge is 0.496 e. The number of pyridine rings is 1. The van der Waals surface area contributed by atoms with E-state index in [9.17, 15) is 9.18 Å². The van der Waals surface area contributed by atoms with Gasteiger partial charge >= 0.3 is 0 Å². The van der Waals surface area contributed by atoms with Crippen LogP contribution in [-0.4, -0.2) is 31.1 Å². The number of benzene rings is 1. The third-order valence-corrected chi connectivity index (χ3v) is 5.28. The highest BCUT2D eigenvalue weighted by atomic mass is 19.1. The van der Waals surface area contributed by atoms with Crippen LogP contribution in [0, 0.1) is 11.7 Å². The molecule has 1 amide bonds. The molecule has 1 saturated carbocycles. The second kappa shape index (κ2) is 8.95. The van der Waals surface area contributed by atoms with Crippen LogP contribution in [0.1, 0.15) is 31.2 Å². The predicted octanol–water partition coefficient (Wildman–Crippen LogP) is 3.29. The van der Waals surface area contributed by atoms with Gasteiger partial charge in [-0.1, -0.05) is 6.07 Å². The molecule has 144 valence electrons. The lowest BCUT2D eigenvalue weighted by Crippen LogP contribution is -2.37. The van der Waals surface area contributed by atoms with Crippen molar-refractivity contribution >= 4 is 5.91 Å². The van der Waals surface area contributed by atoms with Crippen molar-refractivity contribution in [3.05, 3.63) is 48.0 Å². The van der Waals surface area contributed by atoms with Gasteiger partial charge in [-0.15, -0.1) is 0 Å². The van der Waals surface area contributed by atoms with Crippen LogP contribution in [0.4, 0.5) is 4.39 Å². The summed E-state index contributed by atoms with van der Waals surface area (Å²) in [5.41, 5.74) is 2.38. The summed E-state index contributed by atoms with van der Waals surface area (Å²) in [6, 6.07) is 7.57. The van der Waals surface area contributed by atoms with E-state index in [4.69, 9.17) is 4.74 Å². The first kappa shape index (κ1) is 19.3. The van der Waals surface area contributed by atoms with Crippen molar-refractivity contribution in [2.45, 2.75) is 38.3 Å². The standard InChI is InChI=1S/C21H26FN3O2/c1-23-19-6-3-14(4-7-19)21(26)25-12-17-9-15(5-8-20(17)27-2)16-10-18(22)13-24-11-16/h5,8-11,13-14,19,23H,3-4,6-7,12H2,1-2H3,(H,25,26). The average Bonchev–Trinajstić information content (AvgIpc) is 2.71. The van der Waals surface area contributed by atoms with Gasteiger partial charge in [0, 0.05) is 35.8 Å². The molecule has 6 heteroatoms. The Labute approximate surface area is 159 Å². The van der Waals surface area contributed by atoms with Crippen LogP contribution in [-0.2, 0) is 11.3 Å². The molecule has 2 aromatic rings. The molecule has 3 rings (SSSR count). The van der Waals surface area contributed by atoms with Crippen molar-refractivity contribution in [1.82, 2.24) is 15.6 Å². The first-order valence-electron chi connectivity index (χ1n) is 9.33. The molecule has 1 heterocycles. The molecule has 0 bridgehead atoms. The van der Waals surface area contributed by atoms with E-state index in [0.717, 1.165) is 36.8 Å². The zero-order chi connectivity index (χ0) is 19.2. The number of carbonyl (C=O) groups excluding carboxylic acids is 1. The number of hydrogen-bond acceptors (Lipinski definition) is 4. The monoisotopic (exact) mass is 371 g/mol. The molecule has 0 saturated heterocycles. The number of amides is 1. The summed E-state index contributed by atoms with van der Waals surface area (Å²) < 4.78 is 18.9. The smallest absolute Gasteiger partial charge is 0.223 e. The molecule has 1 aromatic heterocycles. The number of carbonyl (C=O) groups is 1. The Morgan fingerprint density at radius 3 is 2.63 bits per heavy atom. The molecule has 1 aliphatic carbocycles. The number of rotatable bonds is 6. The van der Waals surface area contributed by atoms with Crippen molar-refractivity contribution in [2.75, 3.05) is 14.2 Å². The molecule has 5 nitrogen and oxygen atoms in total. The summed E-state index contributed by atoms with van der Waals surface area (Å²) in [5.74, 6) is 0.471. The van der Waals surface area contributed by atoms with E-state index in [1.54, 1.807) is 13.3 Å². The third kappa shape index (κ3) is 4.83. The minimum atomic E-state index is -0.379. The second-order valence-electron chi connectivity index (χ2n) is 6.97. The minimum Gasteiger partial charge on any atom is -0.496 e. The van der Waals surface area contributed by atoms with Crippen LogP contribution in [0.2, 0.25) is 0 Å². The van der Waals surface area contributed by atoms with Crippen LogP contribution >= 0.6 is 0 Å². The molecule has 1 fully saturated rings. The maximum Gasteiger partial charge on any atom is 0.223 e. The zero-order valence-electron chi connectivity index (χ0n) is 15.8. The normalized spacial score (nSPS) is 19.5. The number of hydrogen-bond donors (Lipinski definition) is 2. The van der Waals surface area contributed by atoms with Gasteiger partial charge in [0.05, 0.1) is 13.3 Å². The fourth-order valence-corrected chi connectivity index (χ4v) is 3.64. The summed E-state index contributed by atoms with van der Waals surface area (Å²) in [6.07, 6.45) is 6.66. The van der Waals surface area contributed by atoms with Gasteiger partial charge in [-0.05, 0) is 56.5 Å². The van der Waals surface area contributed by atoms with Gasteiger partial charge in [0.2, 0.25) is 5.91 Å². The van der Waals surface area contributed by atoms with Crippen LogP contribution in [0.15, 0.2) is 36.7 Å². The summed E-state index contributed by atoms with van der Waals surface area (Å²) in [7, 11) is 3.57. The quantitative estimate of drug-likeness (QED) is 0.818. The second-order valence-corrected chi connectivity index (χ2v) is 6.97. The number of ether oxygens (including phenoxy) is 1. The molecule has 1 aromatic carbocycles. The number of aromatic nitrogens is 1. The SMILES string of the molecule is CNC1CCC(C(=O)NCc2cc(-c3cncc(F)c3)ccc2OC)CC1. The number of methoxy groups -OCH3 is 1. The lowest BCUT2D eigenvalue weighted by Gasteiger charge is -2.27. The Morgan fingerprint density at radius 2 is 1.96 bits per heavy atom. The predicted molar refractivity (Wildman–Crippen MR) is 103 cm³/mol. The van der Waals surface area contributed by atoms with E-state index in [2.05, 4.69) is 15.6 Å². The summed E-state index contributed by atoms with van der Waals surface area (Å²) in [5, 5.41) is 6.32. The molecule has 2 N–H and O–H groups in total. The molecular weight excluding hydrogens is 345 g/mol. The number of halogens is 1. The van der Waals surface area contributed by atoms with Crippen molar-refractivity contribution in [3.63, 3.8) is 0 Å². The van der Waals surface area contributed by atoms with E-state index in [1.165, 1.54) is 12.3 Å². The van der Waals surface area contributed by atoms with Gasteiger partial charge < -0.3 is 15.4 Å². The molecule has 0 radical (unpaired) electrons. The van der Waals surface area contributed by atoms with E-state index >= 15 is 0 Å². The van der Waals surface area contributed by atoms with Crippen LogP contribution < -0.4 is 15.4 Å². The van der Waals surface area contributed by atoms with Gasteiger partial charge in [-0.3, -0.25) is 9.78 Å². The molecule has 0 spiro atoms. The van der Waals surface area contributed by atoms with E-state index in [0.29, 0.717) is 23.9 Å². The van der Waals surface area contributed by atoms with E-state index in [-0.39, 0.29) is 17.6 Å². The highest BCUT2D eigenvalue weighted by Crippen LogP contribution is 2.28. The van der Waals surface area contributed by atoms with Crippen LogP contribution in [0.25, 0.3) is 11.1 Å². The topological polar surface area (TPSA) is 63.2 Å². The van der Waals surface area contributed by atoms with E-state index in [1.807, 2.05) is 25.2 Å². The van der Waals surface area contributed by atoms with Crippen molar-refractivity contribution in [3.8, 4) is 16.9 Å². The molecule has 1 aliphatic rings. The Kier molecular flexibility index (Phi) is 6.40. The van der Waals surface area contributed by atoms with Gasteiger partial charge in [-0.25, -0.2) is 4.39 Å². The molecular formula is C21H26FN3O2. The number of nitrogens with one attached hydrogen (secondary N) is 2. The highest BCUT2D eigenvalue weighted by molar-refractivity contribution is 5.79. The lowest BCUT2D eigenvalue weighted by molar-refractivity contribution is -0.126. The van der Waals surface area contributed by atoms with Gasteiger partial charge in [0.1, 0.15) is 11.6 Å². The molecule has 0 aliphatic heterocycles. The first-order valence-corrected chi connectivity index (χ1v) is 9.33. The minimum absolute atomic E-state index is 0.0659. The first-order chi connectivity index (χ1) is 13.1. The maximum atomic E-state index is 13.5. The lowest BCUT2D eigenvalue weighted by atomic mass is 9.85. The number of nitrogens with zero attached hydrogens (tertiary/aromatic N) is 1. The van der Waals surface area contributed by atoms with Gasteiger partial charge in [-0.2, -0.15) is 0 Å². The van der Waals surface area contributed by atoms with Crippen LogP contribution in [0.5, 0.6) is 5.75 Å². The summed E-state index contributed by atoms with van der Waals surface area (Å²) in [6.45, 7) is 0.380. The van der Waals surface area contributed by atoms with Crippen LogP contribution in [0.3, 0.4) is 0 Å². The van der Waals surface area contributed by atoms with Crippen molar-refractivity contribution in [2.24, 2.45) is 5.92 Å². The van der Waals surface area contributed by atoms with Crippen molar-refractivity contribution < 1.29 is 13.9 Å². The summed E-state index contributed by atoms with van der Waals surface area (Å²) >= 11 is 0. The van der Waals surface area contributed by atoms with E-state index < -0.39 is 0 Å². The fourth-order valence-electron chi connectivity index (χ4n) is 3.64. The fraction of sp³-hybridized carbons (Fsp3) is 0.429. The van der Waals surface area contributed by atoms with Crippen molar-refractivity contribution in [1.29, 1.82) is 0 Å². The Hall–Kier alpha value is -2.47. The Bertz CT molecular complexity index is 789. The summed E-state index contributed by atoms with van der Waals surface area (Å²) in [4.78, 5) is 16.4. The average molecular weight is 371 g/mol. The Morgan fingerprint density at radius 1 is 1.19 bits per heavy atom. The molecule has 0 atom stereocenters. The Balaban J connectivity index is 1.68. The molecule has 27 heavy (non-hydrogen) atoms. The third-order valence-electron chi connectivity index (χ3n) is 5.28. The molecule has 0 unspecified atom stereocenters. The zero-order valence-corrected chi connectivity index (χ0v) is 15.8. The van der Waals surface area contributed by atoms with Gasteiger partial charge in [0.15, 0.2) is 0 Å². The maximum absolute atomic E-state index is 13.5. The highest BCUT2D eigenvalue weighted by Gasteiger charge is 2.25. The van der Waals surface area contributed by atoms with Gasteiger partial charge in [0.25, 0.3) is 0 Å².